The minimum absolute atomic E-state index is 0.00852. The van der Waals surface area contributed by atoms with Crippen molar-refractivity contribution in [2.75, 3.05) is 20.3 Å². The van der Waals surface area contributed by atoms with Gasteiger partial charge in [0, 0.05) is 37.0 Å². The monoisotopic (exact) mass is 744 g/mol. The summed E-state index contributed by atoms with van der Waals surface area (Å²) in [5, 5.41) is 37.1. The number of aliphatic hydroxyl groups excluding tert-OH is 2. The molecule has 0 bridgehead atoms. The number of aromatic hydroxyl groups is 1. The summed E-state index contributed by atoms with van der Waals surface area (Å²) in [7, 11) is 1.52. The second-order valence-corrected chi connectivity index (χ2v) is 15.6. The minimum atomic E-state index is -1.77. The van der Waals surface area contributed by atoms with Crippen LogP contribution in [-0.4, -0.2) is 53.3 Å². The van der Waals surface area contributed by atoms with Gasteiger partial charge in [0.25, 0.3) is 0 Å². The maximum absolute atomic E-state index is 14.4. The quantitative estimate of drug-likeness (QED) is 0.110. The van der Waals surface area contributed by atoms with Gasteiger partial charge in [0.15, 0.2) is 29.2 Å². The lowest BCUT2D eigenvalue weighted by Gasteiger charge is -2.29. The van der Waals surface area contributed by atoms with Gasteiger partial charge in [-0.05, 0) is 109 Å². The Labute approximate surface area is 325 Å². The molecule has 55 heavy (non-hydrogen) atoms. The van der Waals surface area contributed by atoms with Crippen molar-refractivity contribution in [2.45, 2.75) is 83.2 Å². The van der Waals surface area contributed by atoms with E-state index >= 15 is 0 Å². The third kappa shape index (κ3) is 9.52. The SMILES string of the molecule is CCC[C@H](CO)[C@@H]1C[C@@H](CC2=CCNC(N)=C2)C[C@H]2C#C[C@H](c3ccccc3)c3c(cc(OC)c(O)c3CCc3ccccc3)CCC(=O)[C@H](O)C(=O)[C@H]2C1. The molecular formula is C47H56N2O6. The van der Waals surface area contributed by atoms with E-state index in [1.807, 2.05) is 54.6 Å². The number of methoxy groups -OCH3 is 1. The fraction of sp³-hybridized carbons (Fsp3) is 0.447. The lowest BCUT2D eigenvalue weighted by molar-refractivity contribution is -0.142. The number of ketones is 2. The van der Waals surface area contributed by atoms with Crippen molar-refractivity contribution in [1.82, 2.24) is 5.32 Å². The number of hydrogen-bond acceptors (Lipinski definition) is 8. The summed E-state index contributed by atoms with van der Waals surface area (Å²) in [6.45, 7) is 2.75. The van der Waals surface area contributed by atoms with Crippen LogP contribution < -0.4 is 15.8 Å². The third-order valence-corrected chi connectivity index (χ3v) is 12.0. The van der Waals surface area contributed by atoms with Gasteiger partial charge in [0.05, 0.1) is 18.8 Å². The summed E-state index contributed by atoms with van der Waals surface area (Å²) >= 11 is 0. The van der Waals surface area contributed by atoms with E-state index in [0.29, 0.717) is 49.4 Å². The Kier molecular flexibility index (Phi) is 13.5. The van der Waals surface area contributed by atoms with Gasteiger partial charge in [-0.1, -0.05) is 91.9 Å². The number of allylic oxidation sites excluding steroid dienone is 2. The van der Waals surface area contributed by atoms with Gasteiger partial charge in [0.1, 0.15) is 0 Å². The number of aliphatic hydroxyl groups is 2. The number of benzene rings is 3. The van der Waals surface area contributed by atoms with E-state index in [1.54, 1.807) is 6.07 Å². The van der Waals surface area contributed by atoms with Crippen LogP contribution in [0.15, 0.2) is 90.3 Å². The van der Waals surface area contributed by atoms with Crippen molar-refractivity contribution in [3.63, 3.8) is 0 Å². The summed E-state index contributed by atoms with van der Waals surface area (Å²) in [5.41, 5.74) is 11.7. The van der Waals surface area contributed by atoms with Crippen molar-refractivity contribution in [3.05, 3.63) is 118 Å². The Hall–Kier alpha value is -4.84. The van der Waals surface area contributed by atoms with Gasteiger partial charge in [-0.15, -0.1) is 0 Å². The number of nitrogens with two attached hydrogens (primary N) is 1. The zero-order chi connectivity index (χ0) is 38.9. The maximum Gasteiger partial charge on any atom is 0.173 e. The van der Waals surface area contributed by atoms with Crippen LogP contribution in [0.4, 0.5) is 0 Å². The average molecular weight is 745 g/mol. The molecule has 1 heterocycles. The molecule has 7 atom stereocenters. The van der Waals surface area contributed by atoms with E-state index in [9.17, 15) is 24.9 Å². The van der Waals surface area contributed by atoms with Gasteiger partial charge in [-0.2, -0.15) is 0 Å². The number of aryl methyl sites for hydroxylation is 2. The first-order valence-corrected chi connectivity index (χ1v) is 20.0. The molecule has 2 aliphatic carbocycles. The Bertz CT molecular complexity index is 1930. The lowest BCUT2D eigenvalue weighted by atomic mass is 9.75. The average Bonchev–Trinajstić information content (AvgIpc) is 3.38. The number of ether oxygens (including phenoxy) is 1. The largest absolute Gasteiger partial charge is 0.504 e. The topological polar surface area (TPSA) is 142 Å². The van der Waals surface area contributed by atoms with Gasteiger partial charge < -0.3 is 31.1 Å². The van der Waals surface area contributed by atoms with E-state index in [-0.39, 0.29) is 43.0 Å². The fourth-order valence-corrected chi connectivity index (χ4v) is 9.17. The molecule has 3 aromatic rings. The molecule has 290 valence electrons. The smallest absolute Gasteiger partial charge is 0.173 e. The highest BCUT2D eigenvalue weighted by Crippen LogP contribution is 2.45. The zero-order valence-electron chi connectivity index (χ0n) is 32.2. The van der Waals surface area contributed by atoms with E-state index in [4.69, 9.17) is 10.5 Å². The van der Waals surface area contributed by atoms with E-state index < -0.39 is 35.4 Å². The summed E-state index contributed by atoms with van der Waals surface area (Å²) in [5.74, 6) is 5.78. The molecule has 1 fully saturated rings. The molecule has 0 unspecified atom stereocenters. The third-order valence-electron chi connectivity index (χ3n) is 12.0. The van der Waals surface area contributed by atoms with E-state index in [0.717, 1.165) is 53.5 Å². The number of phenols is 1. The lowest BCUT2D eigenvalue weighted by Crippen LogP contribution is -2.39. The molecule has 1 aliphatic heterocycles. The van der Waals surface area contributed by atoms with Gasteiger partial charge in [0.2, 0.25) is 0 Å². The summed E-state index contributed by atoms with van der Waals surface area (Å²) in [4.78, 5) is 28.3. The van der Waals surface area contributed by atoms with Crippen LogP contribution in [0, 0.1) is 41.4 Å². The number of Topliss-reactive ketones (excluding diaryl/α,β-unsaturated/α-hetero) is 2. The number of nitrogens with one attached hydrogen (secondary N) is 1. The molecule has 0 saturated heterocycles. The predicted octanol–water partition coefficient (Wildman–Crippen LogP) is 6.54. The van der Waals surface area contributed by atoms with Crippen LogP contribution >= 0.6 is 0 Å². The molecule has 6 N–H and O–H groups in total. The Balaban J connectivity index is 1.53. The highest BCUT2D eigenvalue weighted by atomic mass is 16.5. The first kappa shape index (κ1) is 39.8. The minimum Gasteiger partial charge on any atom is -0.504 e. The molecule has 1 saturated carbocycles. The number of carbonyl (C=O) groups is 2. The predicted molar refractivity (Wildman–Crippen MR) is 215 cm³/mol. The highest BCUT2D eigenvalue weighted by Gasteiger charge is 2.42. The van der Waals surface area contributed by atoms with Crippen molar-refractivity contribution >= 4 is 11.6 Å². The number of phenolic OH excluding ortho intramolecular Hbond substituents is 1. The second-order valence-electron chi connectivity index (χ2n) is 15.6. The molecule has 0 spiro atoms. The summed E-state index contributed by atoms with van der Waals surface area (Å²) in [6.07, 6.45) is 7.96. The van der Waals surface area contributed by atoms with Crippen molar-refractivity contribution in [3.8, 4) is 23.3 Å². The van der Waals surface area contributed by atoms with Crippen LogP contribution in [0.3, 0.4) is 0 Å². The molecular weight excluding hydrogens is 689 g/mol. The molecule has 0 radical (unpaired) electrons. The Morgan fingerprint density at radius 3 is 2.42 bits per heavy atom. The van der Waals surface area contributed by atoms with Gasteiger partial charge >= 0.3 is 0 Å². The van der Waals surface area contributed by atoms with Gasteiger partial charge in [-0.25, -0.2) is 0 Å². The standard InChI is InChI=1S/C47H56N2O6/c1-3-10-36(29-50)37-25-32(23-31-21-22-49-43(48)26-31)24-34-16-19-38(33-13-8-5-9-14-33)44-35(17-20-41(51)47(54)46(53)40(34)27-37)28-42(55-2)45(52)39(44)18-15-30-11-6-4-7-12-30/h4-9,11-14,21,26,28,32,34,36-38,40,47,49-50,52,54H,3,10,15,17-18,20,22-25,27,29,48H2,1-2H3/t32-,34+,36+,37+,38+,40-,47-/m0/s1. The number of rotatable bonds is 11. The van der Waals surface area contributed by atoms with Gasteiger partial charge in [-0.3, -0.25) is 9.59 Å². The van der Waals surface area contributed by atoms with Crippen LogP contribution in [0.25, 0.3) is 0 Å². The Morgan fingerprint density at radius 1 is 0.982 bits per heavy atom. The molecule has 0 aromatic heterocycles. The summed E-state index contributed by atoms with van der Waals surface area (Å²) in [6, 6.07) is 21.9. The van der Waals surface area contributed by atoms with Crippen molar-refractivity contribution in [2.24, 2.45) is 35.3 Å². The number of hydrogen-bond donors (Lipinski definition) is 5. The molecule has 3 aliphatic rings. The van der Waals surface area contributed by atoms with Crippen LogP contribution in [0.2, 0.25) is 0 Å². The van der Waals surface area contributed by atoms with E-state index in [2.05, 4.69) is 42.3 Å². The highest BCUT2D eigenvalue weighted by molar-refractivity contribution is 6.06. The van der Waals surface area contributed by atoms with Crippen LogP contribution in [0.1, 0.15) is 85.6 Å². The fourth-order valence-electron chi connectivity index (χ4n) is 9.17. The first-order valence-electron chi connectivity index (χ1n) is 20.0. The van der Waals surface area contributed by atoms with Crippen LogP contribution in [-0.2, 0) is 28.9 Å². The van der Waals surface area contributed by atoms with Crippen LogP contribution in [0.5, 0.6) is 11.5 Å². The normalized spacial score (nSPS) is 24.9. The molecule has 8 nitrogen and oxygen atoms in total. The summed E-state index contributed by atoms with van der Waals surface area (Å²) < 4.78 is 5.69. The molecule has 3 aromatic carbocycles. The zero-order valence-corrected chi connectivity index (χ0v) is 32.2. The molecule has 0 amide bonds. The van der Waals surface area contributed by atoms with Crippen molar-refractivity contribution < 1.29 is 29.6 Å². The second kappa shape index (κ2) is 18.7. The van der Waals surface area contributed by atoms with Crippen molar-refractivity contribution in [1.29, 1.82) is 0 Å². The number of carbonyl (C=O) groups excluding carboxylic acids is 2. The van der Waals surface area contributed by atoms with E-state index in [1.165, 1.54) is 7.11 Å². The Morgan fingerprint density at radius 2 is 1.73 bits per heavy atom. The maximum atomic E-state index is 14.4. The first-order chi connectivity index (χ1) is 26.7. The number of fused-ring (bicyclic) bond motifs is 2. The molecule has 6 rings (SSSR count). The molecule has 8 heteroatoms. The number of dihydropyridines is 1.